The van der Waals surface area contributed by atoms with Crippen LogP contribution in [0.1, 0.15) is 28.1 Å². The molecule has 0 amide bonds. The minimum absolute atomic E-state index is 0.210. The molecule has 2 aromatic carbocycles. The monoisotopic (exact) mass is 540 g/mol. The molecule has 0 aliphatic rings. The first-order valence-electron chi connectivity index (χ1n) is 10.8. The first-order chi connectivity index (χ1) is 16.3. The number of thiazole rings is 1. The Morgan fingerprint density at radius 3 is 2.71 bits per heavy atom. The summed E-state index contributed by atoms with van der Waals surface area (Å²) in [6.45, 7) is 2.92. The molecule has 0 fully saturated rings. The third-order valence-corrected chi connectivity index (χ3v) is 8.72. The van der Waals surface area contributed by atoms with Crippen LogP contribution in [-0.4, -0.2) is 45.7 Å². The number of rotatable bonds is 13. The van der Waals surface area contributed by atoms with Crippen LogP contribution in [0.25, 0.3) is 0 Å². The summed E-state index contributed by atoms with van der Waals surface area (Å²) in [4.78, 5) is 5.68. The Bertz CT molecular complexity index is 1200. The number of thioether (sulfide) groups is 1. The van der Waals surface area contributed by atoms with E-state index in [-0.39, 0.29) is 4.90 Å². The normalized spacial score (nSPS) is 11.5. The molecule has 0 radical (unpaired) electrons. The van der Waals surface area contributed by atoms with Gasteiger partial charge in [-0.2, -0.15) is 11.8 Å². The molecule has 0 spiro atoms. The number of aromatic nitrogens is 1. The molecule has 1 N–H and O–H groups in total. The standard InChI is InChI=1S/C24H29ClN2O4S3/c1-17-24(33-16-26-17)9-11-31-22-8-5-18(14-23(22)30-2)13-19-15-20(6-7-21(19)25)34(28,29)27-10-4-12-32-3/h5-8,14-16,27H,4,9-13H2,1-3H3. The summed E-state index contributed by atoms with van der Waals surface area (Å²) in [5.74, 6) is 2.18. The highest BCUT2D eigenvalue weighted by atomic mass is 35.5. The number of sulfonamides is 1. The SMILES string of the molecule is COc1cc(Cc2cc(S(=O)(=O)NCCCSC)ccc2Cl)ccc1OCCc1scnc1C. The lowest BCUT2D eigenvalue weighted by atomic mass is 10.0. The highest BCUT2D eigenvalue weighted by molar-refractivity contribution is 7.98. The molecule has 0 saturated heterocycles. The summed E-state index contributed by atoms with van der Waals surface area (Å²) in [5.41, 5.74) is 4.54. The number of nitrogens with zero attached hydrogens (tertiary/aromatic N) is 1. The van der Waals surface area contributed by atoms with E-state index in [2.05, 4.69) is 9.71 Å². The van der Waals surface area contributed by atoms with E-state index >= 15 is 0 Å². The van der Waals surface area contributed by atoms with Crippen LogP contribution in [-0.2, 0) is 22.9 Å². The zero-order valence-corrected chi connectivity index (χ0v) is 22.7. The Hall–Kier alpha value is -1.78. The van der Waals surface area contributed by atoms with Crippen LogP contribution < -0.4 is 14.2 Å². The molecular weight excluding hydrogens is 512 g/mol. The molecule has 0 unspecified atom stereocenters. The van der Waals surface area contributed by atoms with Crippen molar-refractivity contribution in [3.05, 3.63) is 68.6 Å². The van der Waals surface area contributed by atoms with Crippen molar-refractivity contribution in [3.63, 3.8) is 0 Å². The summed E-state index contributed by atoms with van der Waals surface area (Å²) < 4.78 is 39.5. The Morgan fingerprint density at radius 1 is 1.18 bits per heavy atom. The maximum atomic E-state index is 12.7. The van der Waals surface area contributed by atoms with Gasteiger partial charge in [0.05, 0.1) is 29.8 Å². The van der Waals surface area contributed by atoms with Gasteiger partial charge in [-0.15, -0.1) is 11.3 Å². The molecule has 0 atom stereocenters. The van der Waals surface area contributed by atoms with Crippen LogP contribution in [0.5, 0.6) is 11.5 Å². The molecule has 0 aliphatic carbocycles. The van der Waals surface area contributed by atoms with Gasteiger partial charge < -0.3 is 9.47 Å². The maximum Gasteiger partial charge on any atom is 0.240 e. The highest BCUT2D eigenvalue weighted by Gasteiger charge is 2.16. The number of methoxy groups -OCH3 is 1. The van der Waals surface area contributed by atoms with Crippen molar-refractivity contribution in [1.29, 1.82) is 0 Å². The molecule has 0 bridgehead atoms. The minimum Gasteiger partial charge on any atom is -0.493 e. The molecule has 0 saturated carbocycles. The Morgan fingerprint density at radius 2 is 2.00 bits per heavy atom. The van der Waals surface area contributed by atoms with E-state index in [0.717, 1.165) is 35.4 Å². The predicted molar refractivity (Wildman–Crippen MR) is 141 cm³/mol. The van der Waals surface area contributed by atoms with Crippen LogP contribution in [0.15, 0.2) is 46.8 Å². The molecule has 1 aromatic heterocycles. The lowest BCUT2D eigenvalue weighted by molar-refractivity contribution is 0.298. The average Bonchev–Trinajstić information content (AvgIpc) is 3.23. The second-order valence-corrected chi connectivity index (χ2v) is 11.7. The molecule has 34 heavy (non-hydrogen) atoms. The summed E-state index contributed by atoms with van der Waals surface area (Å²) >= 11 is 9.71. The Labute approximate surface area is 215 Å². The largest absolute Gasteiger partial charge is 0.493 e. The number of hydrogen-bond donors (Lipinski definition) is 1. The van der Waals surface area contributed by atoms with Gasteiger partial charge in [0, 0.05) is 22.9 Å². The molecule has 184 valence electrons. The maximum absolute atomic E-state index is 12.7. The fourth-order valence-electron chi connectivity index (χ4n) is 3.34. The van der Waals surface area contributed by atoms with E-state index in [1.807, 2.05) is 36.9 Å². The van der Waals surface area contributed by atoms with Gasteiger partial charge in [0.1, 0.15) is 0 Å². The second kappa shape index (κ2) is 12.8. The lowest BCUT2D eigenvalue weighted by Crippen LogP contribution is -2.25. The van der Waals surface area contributed by atoms with Gasteiger partial charge >= 0.3 is 0 Å². The van der Waals surface area contributed by atoms with E-state index in [0.29, 0.717) is 36.1 Å². The summed E-state index contributed by atoms with van der Waals surface area (Å²) in [5, 5.41) is 0.514. The van der Waals surface area contributed by atoms with Gasteiger partial charge in [0.2, 0.25) is 10.0 Å². The zero-order chi connectivity index (χ0) is 24.6. The molecule has 3 aromatic rings. The number of hydrogen-bond acceptors (Lipinski definition) is 7. The molecule has 3 rings (SSSR count). The van der Waals surface area contributed by atoms with Gasteiger partial charge in [-0.05, 0) is 73.2 Å². The molecule has 10 heteroatoms. The summed E-state index contributed by atoms with van der Waals surface area (Å²) in [6, 6.07) is 10.5. The van der Waals surface area contributed by atoms with Gasteiger partial charge in [-0.1, -0.05) is 17.7 Å². The van der Waals surface area contributed by atoms with Crippen LogP contribution in [0.3, 0.4) is 0 Å². The van der Waals surface area contributed by atoms with Gasteiger partial charge in [0.25, 0.3) is 0 Å². The van der Waals surface area contributed by atoms with E-state index in [4.69, 9.17) is 21.1 Å². The Kier molecular flexibility index (Phi) is 10.1. The van der Waals surface area contributed by atoms with Crippen LogP contribution in [0, 0.1) is 6.92 Å². The van der Waals surface area contributed by atoms with E-state index in [1.165, 1.54) is 10.9 Å². The van der Waals surface area contributed by atoms with E-state index in [9.17, 15) is 8.42 Å². The van der Waals surface area contributed by atoms with Crippen LogP contribution >= 0.6 is 34.7 Å². The number of benzene rings is 2. The van der Waals surface area contributed by atoms with Crippen molar-refractivity contribution in [2.45, 2.75) is 31.1 Å². The number of halogens is 1. The van der Waals surface area contributed by atoms with Crippen molar-refractivity contribution >= 4 is 44.7 Å². The number of aryl methyl sites for hydroxylation is 1. The van der Waals surface area contributed by atoms with Gasteiger partial charge in [0.15, 0.2) is 11.5 Å². The highest BCUT2D eigenvalue weighted by Crippen LogP contribution is 2.31. The molecule has 6 nitrogen and oxygen atoms in total. The third kappa shape index (κ3) is 7.36. The molecule has 1 heterocycles. The van der Waals surface area contributed by atoms with Crippen molar-refractivity contribution in [2.24, 2.45) is 0 Å². The minimum atomic E-state index is -3.59. The first-order valence-corrected chi connectivity index (χ1v) is 14.9. The zero-order valence-electron chi connectivity index (χ0n) is 19.5. The summed E-state index contributed by atoms with van der Waals surface area (Å²) in [6.07, 6.45) is 4.02. The predicted octanol–water partition coefficient (Wildman–Crippen LogP) is 5.36. The quantitative estimate of drug-likeness (QED) is 0.294. The lowest BCUT2D eigenvalue weighted by Gasteiger charge is -2.13. The fraction of sp³-hybridized carbons (Fsp3) is 0.375. The Balaban J connectivity index is 1.69. The summed E-state index contributed by atoms with van der Waals surface area (Å²) in [7, 11) is -1.99. The van der Waals surface area contributed by atoms with E-state index < -0.39 is 10.0 Å². The average molecular weight is 541 g/mol. The van der Waals surface area contributed by atoms with E-state index in [1.54, 1.807) is 42.3 Å². The van der Waals surface area contributed by atoms with Gasteiger partial charge in [-0.25, -0.2) is 18.1 Å². The van der Waals surface area contributed by atoms with Gasteiger partial charge in [-0.3, -0.25) is 0 Å². The van der Waals surface area contributed by atoms with Crippen LogP contribution in [0.4, 0.5) is 0 Å². The molecule has 0 aliphatic heterocycles. The van der Waals surface area contributed by atoms with Crippen LogP contribution in [0.2, 0.25) is 5.02 Å². The second-order valence-electron chi connectivity index (χ2n) is 7.62. The van der Waals surface area contributed by atoms with Crippen molar-refractivity contribution in [1.82, 2.24) is 9.71 Å². The van der Waals surface area contributed by atoms with Crippen molar-refractivity contribution < 1.29 is 17.9 Å². The molecular formula is C24H29ClN2O4S3. The third-order valence-electron chi connectivity index (χ3n) is 5.20. The van der Waals surface area contributed by atoms with Crippen molar-refractivity contribution in [2.75, 3.05) is 32.3 Å². The number of nitrogens with one attached hydrogen (secondary N) is 1. The number of ether oxygens (including phenoxy) is 2. The fourth-order valence-corrected chi connectivity index (χ4v) is 5.85. The van der Waals surface area contributed by atoms with Crippen molar-refractivity contribution in [3.8, 4) is 11.5 Å². The first kappa shape index (κ1) is 26.8. The topological polar surface area (TPSA) is 77.5 Å². The smallest absolute Gasteiger partial charge is 0.240 e.